The standard InChI is InChI=1S/C12H13NO3S2/c14-18(15,8-9-5-6-16-7-9)12-13-10-3-1-2-4-11(10)17-12/h1-4,9H,5-8H2. The normalized spacial score (nSPS) is 20.6. The molecule has 3 rings (SSSR count). The summed E-state index contributed by atoms with van der Waals surface area (Å²) in [5, 5.41) is 0. The molecule has 0 spiro atoms. The van der Waals surface area contributed by atoms with E-state index in [2.05, 4.69) is 4.98 Å². The van der Waals surface area contributed by atoms with Gasteiger partial charge >= 0.3 is 0 Å². The molecule has 4 nitrogen and oxygen atoms in total. The van der Waals surface area contributed by atoms with Gasteiger partial charge in [0.1, 0.15) is 0 Å². The number of sulfone groups is 1. The van der Waals surface area contributed by atoms with Crippen LogP contribution >= 0.6 is 11.3 Å². The Morgan fingerprint density at radius 3 is 2.94 bits per heavy atom. The minimum atomic E-state index is -3.28. The second-order valence-corrected chi connectivity index (χ2v) is 7.70. The van der Waals surface area contributed by atoms with E-state index >= 15 is 0 Å². The Bertz CT molecular complexity index is 624. The SMILES string of the molecule is O=S(=O)(CC1CCOC1)c1nc2ccccc2s1. The van der Waals surface area contributed by atoms with Gasteiger partial charge in [0.25, 0.3) is 0 Å². The van der Waals surface area contributed by atoms with Gasteiger partial charge in [-0.1, -0.05) is 12.1 Å². The molecule has 1 aliphatic heterocycles. The van der Waals surface area contributed by atoms with Gasteiger partial charge in [0, 0.05) is 6.61 Å². The van der Waals surface area contributed by atoms with E-state index in [9.17, 15) is 8.42 Å². The number of rotatable bonds is 3. The molecule has 0 saturated carbocycles. The summed E-state index contributed by atoms with van der Waals surface area (Å²) in [7, 11) is -3.28. The lowest BCUT2D eigenvalue weighted by Gasteiger charge is -2.05. The van der Waals surface area contributed by atoms with Gasteiger partial charge in [-0.25, -0.2) is 13.4 Å². The van der Waals surface area contributed by atoms with Crippen molar-refractivity contribution >= 4 is 31.4 Å². The highest BCUT2D eigenvalue weighted by atomic mass is 32.2. The molecule has 0 aliphatic carbocycles. The van der Waals surface area contributed by atoms with Gasteiger partial charge in [-0.2, -0.15) is 0 Å². The first-order valence-electron chi connectivity index (χ1n) is 5.81. The summed E-state index contributed by atoms with van der Waals surface area (Å²) in [6, 6.07) is 7.49. The Morgan fingerprint density at radius 2 is 2.22 bits per heavy atom. The zero-order chi connectivity index (χ0) is 12.6. The van der Waals surface area contributed by atoms with Gasteiger partial charge in [-0.3, -0.25) is 0 Å². The first kappa shape index (κ1) is 12.1. The van der Waals surface area contributed by atoms with E-state index in [1.165, 1.54) is 11.3 Å². The Kier molecular flexibility index (Phi) is 3.09. The van der Waals surface area contributed by atoms with Crippen LogP contribution in [0.5, 0.6) is 0 Å². The van der Waals surface area contributed by atoms with Crippen molar-refractivity contribution in [3.8, 4) is 0 Å². The van der Waals surface area contributed by atoms with Crippen LogP contribution in [-0.4, -0.2) is 32.4 Å². The van der Waals surface area contributed by atoms with Crippen LogP contribution in [0.1, 0.15) is 6.42 Å². The van der Waals surface area contributed by atoms with E-state index in [0.29, 0.717) is 13.2 Å². The number of para-hydroxylation sites is 1. The molecule has 2 aromatic rings. The van der Waals surface area contributed by atoms with Crippen LogP contribution in [0, 0.1) is 5.92 Å². The third kappa shape index (κ3) is 2.28. The molecule has 1 fully saturated rings. The van der Waals surface area contributed by atoms with Gasteiger partial charge in [0.05, 0.1) is 22.6 Å². The molecular formula is C12H13NO3S2. The lowest BCUT2D eigenvalue weighted by molar-refractivity contribution is 0.188. The maximum Gasteiger partial charge on any atom is 0.210 e. The van der Waals surface area contributed by atoms with Gasteiger partial charge in [-0.05, 0) is 24.5 Å². The fraction of sp³-hybridized carbons (Fsp3) is 0.417. The molecule has 0 amide bonds. The summed E-state index contributed by atoms with van der Waals surface area (Å²) in [5.74, 6) is 0.259. The van der Waals surface area contributed by atoms with E-state index in [1.807, 2.05) is 24.3 Å². The Balaban J connectivity index is 1.92. The number of benzene rings is 1. The highest BCUT2D eigenvalue weighted by Crippen LogP contribution is 2.27. The summed E-state index contributed by atoms with van der Waals surface area (Å²) >= 11 is 1.25. The molecule has 1 aromatic heterocycles. The van der Waals surface area contributed by atoms with Crippen molar-refractivity contribution in [2.45, 2.75) is 10.8 Å². The number of nitrogens with zero attached hydrogens (tertiary/aromatic N) is 1. The van der Waals surface area contributed by atoms with Crippen molar-refractivity contribution in [2.75, 3.05) is 19.0 Å². The number of thiazole rings is 1. The van der Waals surface area contributed by atoms with E-state index < -0.39 is 9.84 Å². The molecule has 96 valence electrons. The first-order valence-corrected chi connectivity index (χ1v) is 8.28. The Hall–Kier alpha value is -0.980. The van der Waals surface area contributed by atoms with Crippen molar-refractivity contribution in [3.05, 3.63) is 24.3 Å². The van der Waals surface area contributed by atoms with Gasteiger partial charge in [0.15, 0.2) is 0 Å². The van der Waals surface area contributed by atoms with Crippen molar-refractivity contribution < 1.29 is 13.2 Å². The maximum atomic E-state index is 12.3. The molecule has 1 saturated heterocycles. The van der Waals surface area contributed by atoms with Crippen LogP contribution in [0.25, 0.3) is 10.2 Å². The highest BCUT2D eigenvalue weighted by Gasteiger charge is 2.27. The summed E-state index contributed by atoms with van der Waals surface area (Å²) in [6.45, 7) is 1.21. The number of ether oxygens (including phenoxy) is 1. The second kappa shape index (κ2) is 4.60. The molecule has 1 atom stereocenters. The van der Waals surface area contributed by atoms with Crippen LogP contribution in [0.15, 0.2) is 28.6 Å². The fourth-order valence-electron chi connectivity index (χ4n) is 2.08. The molecule has 6 heteroatoms. The van der Waals surface area contributed by atoms with Gasteiger partial charge < -0.3 is 4.74 Å². The predicted octanol–water partition coefficient (Wildman–Crippen LogP) is 2.11. The average molecular weight is 283 g/mol. The number of hydrogen-bond acceptors (Lipinski definition) is 5. The molecule has 1 aliphatic rings. The zero-order valence-electron chi connectivity index (χ0n) is 9.70. The first-order chi connectivity index (χ1) is 8.65. The lowest BCUT2D eigenvalue weighted by Crippen LogP contribution is -2.16. The van der Waals surface area contributed by atoms with Gasteiger partial charge in [-0.15, -0.1) is 11.3 Å². The largest absolute Gasteiger partial charge is 0.381 e. The van der Waals surface area contributed by atoms with Crippen LogP contribution < -0.4 is 0 Å². The van der Waals surface area contributed by atoms with E-state index in [4.69, 9.17) is 4.74 Å². The smallest absolute Gasteiger partial charge is 0.210 e. The van der Waals surface area contributed by atoms with Crippen LogP contribution in [0.2, 0.25) is 0 Å². The van der Waals surface area contributed by atoms with Crippen molar-refractivity contribution in [3.63, 3.8) is 0 Å². The molecule has 18 heavy (non-hydrogen) atoms. The quantitative estimate of drug-likeness (QED) is 0.865. The summed E-state index contributed by atoms with van der Waals surface area (Å²) < 4.78 is 30.9. The van der Waals surface area contributed by atoms with E-state index in [1.54, 1.807) is 0 Å². The number of aromatic nitrogens is 1. The highest BCUT2D eigenvalue weighted by molar-refractivity contribution is 7.93. The summed E-state index contributed by atoms with van der Waals surface area (Å²) in [5.41, 5.74) is 0.753. The summed E-state index contributed by atoms with van der Waals surface area (Å²) in [4.78, 5) is 4.22. The summed E-state index contributed by atoms with van der Waals surface area (Å²) in [6.07, 6.45) is 0.824. The average Bonchev–Trinajstić information content (AvgIpc) is 2.96. The van der Waals surface area contributed by atoms with Crippen molar-refractivity contribution in [1.82, 2.24) is 4.98 Å². The molecule has 0 radical (unpaired) electrons. The predicted molar refractivity (Wildman–Crippen MR) is 70.6 cm³/mol. The monoisotopic (exact) mass is 283 g/mol. The molecular weight excluding hydrogens is 270 g/mol. The van der Waals surface area contributed by atoms with E-state index in [-0.39, 0.29) is 16.0 Å². The molecule has 0 bridgehead atoms. The van der Waals surface area contributed by atoms with Crippen LogP contribution in [0.3, 0.4) is 0 Å². The fourth-order valence-corrected chi connectivity index (χ4v) is 5.02. The van der Waals surface area contributed by atoms with Crippen molar-refractivity contribution in [1.29, 1.82) is 0 Å². The second-order valence-electron chi connectivity index (χ2n) is 4.46. The molecule has 2 heterocycles. The number of hydrogen-bond donors (Lipinski definition) is 0. The van der Waals surface area contributed by atoms with Crippen LogP contribution in [0.4, 0.5) is 0 Å². The third-order valence-corrected chi connectivity index (χ3v) is 6.40. The zero-order valence-corrected chi connectivity index (χ0v) is 11.3. The molecule has 1 aromatic carbocycles. The van der Waals surface area contributed by atoms with E-state index in [0.717, 1.165) is 16.6 Å². The van der Waals surface area contributed by atoms with Gasteiger partial charge in [0.2, 0.25) is 14.2 Å². The lowest BCUT2D eigenvalue weighted by atomic mass is 10.2. The van der Waals surface area contributed by atoms with Crippen LogP contribution in [-0.2, 0) is 14.6 Å². The number of fused-ring (bicyclic) bond motifs is 1. The topological polar surface area (TPSA) is 56.3 Å². The van der Waals surface area contributed by atoms with Crippen molar-refractivity contribution in [2.24, 2.45) is 5.92 Å². The minimum Gasteiger partial charge on any atom is -0.381 e. The third-order valence-electron chi connectivity index (χ3n) is 3.02. The molecule has 0 N–H and O–H groups in total. The minimum absolute atomic E-state index is 0.113. The Labute approximate surface area is 110 Å². The molecule has 1 unspecified atom stereocenters. The Morgan fingerprint density at radius 1 is 1.39 bits per heavy atom. The maximum absolute atomic E-state index is 12.3.